The normalized spacial score (nSPS) is 16.7. The number of aromatic nitrogens is 1. The van der Waals surface area contributed by atoms with E-state index in [0.717, 1.165) is 40.8 Å². The number of fused-ring (bicyclic) bond motifs is 13. The van der Waals surface area contributed by atoms with Crippen molar-refractivity contribution in [1.29, 1.82) is 0 Å². The molecule has 0 unspecified atom stereocenters. The molecule has 3 nitrogen and oxygen atoms in total. The Bertz CT molecular complexity index is 3520. The molecule has 323 valence electrons. The van der Waals surface area contributed by atoms with E-state index in [-0.39, 0.29) is 27.1 Å². The average molecular weight is 848 g/mol. The molecule has 3 aliphatic rings. The second-order valence-electron chi connectivity index (χ2n) is 23.6. The smallest absolute Gasteiger partial charge is 0.197 e. The van der Waals surface area contributed by atoms with E-state index in [0.29, 0.717) is 0 Å². The molecular formula is C61H60BN2O. The molecule has 0 bridgehead atoms. The molecule has 1 radical (unpaired) electrons. The molecule has 2 aromatic heterocycles. The third-order valence-electron chi connectivity index (χ3n) is 16.0. The average Bonchev–Trinajstić information content (AvgIpc) is 3.88. The maximum Gasteiger partial charge on any atom is 0.197 e. The standard InChI is InChI=1S/C61H60BN2O/c1-57(2,3)34-21-24-36(25-22-34)63-47-26-23-35(58(4,5)6)29-40(47)51-52-38-18-14-16-20-50(38)65-56(52)53-41-30-44-45(60(9,10)28-27-59(44,7)8)33-48(41)64-49-32-43-39(31-46(49)62-54(51)55(53)64)37-17-13-15-19-42(37)61(43,11)12/h13-26,29-33,63H,27-28H2,1-12H3. The number of benzene rings is 7. The van der Waals surface area contributed by atoms with E-state index >= 15 is 0 Å². The van der Waals surface area contributed by atoms with Crippen LogP contribution in [0.5, 0.6) is 0 Å². The second kappa shape index (κ2) is 13.1. The van der Waals surface area contributed by atoms with E-state index in [2.05, 4.69) is 216 Å². The molecule has 0 atom stereocenters. The summed E-state index contributed by atoms with van der Waals surface area (Å²) in [5.41, 5.74) is 23.6. The van der Waals surface area contributed by atoms with E-state index in [9.17, 15) is 0 Å². The lowest BCUT2D eigenvalue weighted by molar-refractivity contribution is 0.332. The molecule has 12 rings (SSSR count). The number of furan rings is 1. The van der Waals surface area contributed by atoms with E-state index in [4.69, 9.17) is 4.42 Å². The summed E-state index contributed by atoms with van der Waals surface area (Å²) in [7, 11) is 2.53. The van der Waals surface area contributed by atoms with Crippen LogP contribution in [0.2, 0.25) is 0 Å². The highest BCUT2D eigenvalue weighted by molar-refractivity contribution is 6.74. The van der Waals surface area contributed by atoms with Crippen LogP contribution in [0.4, 0.5) is 11.4 Å². The first-order chi connectivity index (χ1) is 30.7. The molecule has 65 heavy (non-hydrogen) atoms. The van der Waals surface area contributed by atoms with E-state index in [1.165, 1.54) is 99.4 Å². The number of anilines is 2. The van der Waals surface area contributed by atoms with Crippen LogP contribution in [0.3, 0.4) is 0 Å². The van der Waals surface area contributed by atoms with E-state index in [1.54, 1.807) is 0 Å². The molecule has 4 heteroatoms. The summed E-state index contributed by atoms with van der Waals surface area (Å²) in [6, 6.07) is 44.1. The summed E-state index contributed by atoms with van der Waals surface area (Å²) in [6.45, 7) is 28.4. The number of para-hydroxylation sites is 1. The van der Waals surface area contributed by atoms with Gasteiger partial charge in [0.05, 0.1) is 16.4 Å². The summed E-state index contributed by atoms with van der Waals surface area (Å²) in [5.74, 6) is 0. The lowest BCUT2D eigenvalue weighted by Crippen LogP contribution is -2.38. The van der Waals surface area contributed by atoms with Gasteiger partial charge < -0.3 is 14.3 Å². The maximum absolute atomic E-state index is 7.30. The van der Waals surface area contributed by atoms with Crippen LogP contribution in [0.15, 0.2) is 120 Å². The van der Waals surface area contributed by atoms with Crippen LogP contribution >= 0.6 is 0 Å². The zero-order valence-electron chi connectivity index (χ0n) is 40.3. The molecule has 1 N–H and O–H groups in total. The van der Waals surface area contributed by atoms with E-state index < -0.39 is 0 Å². The fourth-order valence-corrected chi connectivity index (χ4v) is 12.0. The van der Waals surface area contributed by atoms with Crippen molar-refractivity contribution in [1.82, 2.24) is 4.57 Å². The van der Waals surface area contributed by atoms with Crippen LogP contribution in [0, 0.1) is 0 Å². The van der Waals surface area contributed by atoms with Crippen molar-refractivity contribution >= 4 is 73.3 Å². The lowest BCUT2D eigenvalue weighted by Gasteiger charge is -2.42. The SMILES string of the molecule is CC(C)(C)c1ccc(Nc2ccc(C(C)(C)C)cc2-c2c3c4c(c5cc6c(cc5n4-c4cc5c(cc4[B]3)-c3ccccc3C5(C)C)C(C)(C)CCC6(C)C)c3oc4ccccc4c23)cc1. The van der Waals surface area contributed by atoms with Crippen molar-refractivity contribution in [2.24, 2.45) is 0 Å². The number of rotatable bonds is 3. The third kappa shape index (κ3) is 5.74. The molecule has 2 aliphatic carbocycles. The first kappa shape index (κ1) is 40.5. The Kier molecular flexibility index (Phi) is 8.16. The van der Waals surface area contributed by atoms with Gasteiger partial charge in [-0.1, -0.05) is 155 Å². The second-order valence-corrected chi connectivity index (χ2v) is 23.6. The predicted molar refractivity (Wildman–Crippen MR) is 278 cm³/mol. The van der Waals surface area contributed by atoms with Gasteiger partial charge in [-0.25, -0.2) is 0 Å². The van der Waals surface area contributed by atoms with Gasteiger partial charge in [0.25, 0.3) is 0 Å². The van der Waals surface area contributed by atoms with Gasteiger partial charge in [0.1, 0.15) is 11.2 Å². The molecule has 0 fully saturated rings. The molecule has 9 aromatic rings. The van der Waals surface area contributed by atoms with Crippen molar-refractivity contribution in [3.8, 4) is 27.9 Å². The van der Waals surface area contributed by atoms with Crippen LogP contribution < -0.4 is 16.2 Å². The maximum atomic E-state index is 7.30. The monoisotopic (exact) mass is 847 g/mol. The van der Waals surface area contributed by atoms with Crippen molar-refractivity contribution in [3.63, 3.8) is 0 Å². The minimum absolute atomic E-state index is 0.0443. The minimum Gasteiger partial charge on any atom is -0.455 e. The Morgan fingerprint density at radius 2 is 1.25 bits per heavy atom. The summed E-state index contributed by atoms with van der Waals surface area (Å²) < 4.78 is 9.95. The van der Waals surface area contributed by atoms with Crippen molar-refractivity contribution < 1.29 is 4.42 Å². The first-order valence-electron chi connectivity index (χ1n) is 23.9. The summed E-state index contributed by atoms with van der Waals surface area (Å²) >= 11 is 0. The topological polar surface area (TPSA) is 30.1 Å². The molecule has 0 saturated heterocycles. The molecular weight excluding hydrogens is 787 g/mol. The summed E-state index contributed by atoms with van der Waals surface area (Å²) in [6.07, 6.45) is 2.31. The van der Waals surface area contributed by atoms with Gasteiger partial charge >= 0.3 is 0 Å². The van der Waals surface area contributed by atoms with Gasteiger partial charge in [0, 0.05) is 44.2 Å². The quantitative estimate of drug-likeness (QED) is 0.180. The Morgan fingerprint density at radius 3 is 1.97 bits per heavy atom. The molecule has 0 spiro atoms. The van der Waals surface area contributed by atoms with Crippen LogP contribution in [0.1, 0.15) is 129 Å². The number of hydrogen-bond donors (Lipinski definition) is 1. The zero-order chi connectivity index (χ0) is 45.3. The zero-order valence-corrected chi connectivity index (χ0v) is 40.3. The Hall–Kier alpha value is -6.00. The van der Waals surface area contributed by atoms with Crippen LogP contribution in [-0.4, -0.2) is 11.8 Å². The van der Waals surface area contributed by atoms with Crippen LogP contribution in [0.25, 0.3) is 71.7 Å². The highest BCUT2D eigenvalue weighted by atomic mass is 16.3. The molecule has 0 amide bonds. The molecule has 0 saturated carbocycles. The first-order valence-corrected chi connectivity index (χ1v) is 23.9. The van der Waals surface area contributed by atoms with Gasteiger partial charge in [-0.15, -0.1) is 0 Å². The minimum atomic E-state index is -0.138. The van der Waals surface area contributed by atoms with Gasteiger partial charge in [-0.05, 0) is 139 Å². The van der Waals surface area contributed by atoms with Crippen molar-refractivity contribution in [2.45, 2.75) is 123 Å². The van der Waals surface area contributed by atoms with Gasteiger partial charge in [0.15, 0.2) is 7.28 Å². The Labute approximate surface area is 385 Å². The third-order valence-corrected chi connectivity index (χ3v) is 16.0. The van der Waals surface area contributed by atoms with Gasteiger partial charge in [0.2, 0.25) is 0 Å². The van der Waals surface area contributed by atoms with E-state index in [1.807, 2.05) is 0 Å². The van der Waals surface area contributed by atoms with Gasteiger partial charge in [-0.2, -0.15) is 0 Å². The fraction of sp³-hybridized carbons (Fsp3) is 0.311. The molecule has 1 aliphatic heterocycles. The predicted octanol–water partition coefficient (Wildman–Crippen LogP) is 15.3. The highest BCUT2D eigenvalue weighted by Gasteiger charge is 2.41. The van der Waals surface area contributed by atoms with Crippen LogP contribution in [-0.2, 0) is 27.1 Å². The Balaban J connectivity index is 1.25. The Morgan fingerprint density at radius 1 is 0.585 bits per heavy atom. The van der Waals surface area contributed by atoms with Crippen molar-refractivity contribution in [2.75, 3.05) is 5.32 Å². The fourth-order valence-electron chi connectivity index (χ4n) is 12.0. The summed E-state index contributed by atoms with van der Waals surface area (Å²) in [5, 5.41) is 8.75. The molecule has 7 aromatic carbocycles. The van der Waals surface area contributed by atoms with Gasteiger partial charge in [-0.3, -0.25) is 0 Å². The highest BCUT2D eigenvalue weighted by Crippen LogP contribution is 2.54. The largest absolute Gasteiger partial charge is 0.455 e. The number of hydrogen-bond acceptors (Lipinski definition) is 2. The van der Waals surface area contributed by atoms with Crippen molar-refractivity contribution in [3.05, 3.63) is 149 Å². The lowest BCUT2D eigenvalue weighted by atomic mass is 9.58. The summed E-state index contributed by atoms with van der Waals surface area (Å²) in [4.78, 5) is 0. The molecule has 3 heterocycles. The number of nitrogens with one attached hydrogen (secondary N) is 1. The number of nitrogens with zero attached hydrogens (tertiary/aromatic N) is 1.